The first-order valence-corrected chi connectivity index (χ1v) is 7.90. The molecule has 1 aromatic rings. The summed E-state index contributed by atoms with van der Waals surface area (Å²) in [7, 11) is 0. The van der Waals surface area contributed by atoms with E-state index in [0.717, 1.165) is 41.7 Å². The van der Waals surface area contributed by atoms with Crippen LogP contribution in [0.3, 0.4) is 0 Å². The van der Waals surface area contributed by atoms with Crippen molar-refractivity contribution in [3.63, 3.8) is 0 Å². The lowest BCUT2D eigenvalue weighted by Gasteiger charge is -2.27. The summed E-state index contributed by atoms with van der Waals surface area (Å²) < 4.78 is 17.7. The molecule has 1 N–H and O–H groups in total. The fourth-order valence-corrected chi connectivity index (χ4v) is 3.28. The molecular weight excluding hydrogens is 324 g/mol. The van der Waals surface area contributed by atoms with E-state index in [1.807, 2.05) is 12.1 Å². The van der Waals surface area contributed by atoms with Crippen molar-refractivity contribution in [1.82, 2.24) is 0 Å². The topological polar surface area (TPSA) is 47.9 Å². The first kappa shape index (κ1) is 14.2. The SMILES string of the molecule is OC(c1cc(Br)c2c(c1)OCCCO2)C1CCCOC1. The Balaban J connectivity index is 1.86. The summed E-state index contributed by atoms with van der Waals surface area (Å²) in [6, 6.07) is 3.82. The highest BCUT2D eigenvalue weighted by molar-refractivity contribution is 9.10. The molecule has 1 aromatic carbocycles. The van der Waals surface area contributed by atoms with E-state index >= 15 is 0 Å². The van der Waals surface area contributed by atoms with E-state index in [1.54, 1.807) is 0 Å². The van der Waals surface area contributed by atoms with E-state index in [2.05, 4.69) is 15.9 Å². The number of ether oxygens (including phenoxy) is 3. The Morgan fingerprint density at radius 1 is 1.15 bits per heavy atom. The monoisotopic (exact) mass is 342 g/mol. The number of aliphatic hydroxyl groups excluding tert-OH is 1. The van der Waals surface area contributed by atoms with Gasteiger partial charge in [0.15, 0.2) is 11.5 Å². The summed E-state index contributed by atoms with van der Waals surface area (Å²) in [5, 5.41) is 10.5. The van der Waals surface area contributed by atoms with Crippen molar-refractivity contribution in [2.45, 2.75) is 25.4 Å². The van der Waals surface area contributed by atoms with Crippen molar-refractivity contribution in [1.29, 1.82) is 0 Å². The molecule has 5 heteroatoms. The highest BCUT2D eigenvalue weighted by Crippen LogP contribution is 2.41. The number of rotatable bonds is 2. The maximum atomic E-state index is 10.5. The van der Waals surface area contributed by atoms with Crippen LogP contribution in [0.5, 0.6) is 11.5 Å². The number of aliphatic hydroxyl groups is 1. The predicted octanol–water partition coefficient (Wildman–Crippen LogP) is 3.07. The van der Waals surface area contributed by atoms with Crippen LogP contribution in [0.2, 0.25) is 0 Å². The number of fused-ring (bicyclic) bond motifs is 1. The number of hydrogen-bond donors (Lipinski definition) is 1. The van der Waals surface area contributed by atoms with Crippen LogP contribution in [0.1, 0.15) is 30.9 Å². The van der Waals surface area contributed by atoms with Crippen LogP contribution in [-0.4, -0.2) is 31.5 Å². The summed E-state index contributed by atoms with van der Waals surface area (Å²) >= 11 is 3.51. The molecule has 1 saturated heterocycles. The lowest BCUT2D eigenvalue weighted by Crippen LogP contribution is -2.23. The number of benzene rings is 1. The molecule has 0 spiro atoms. The van der Waals surface area contributed by atoms with Crippen LogP contribution in [0, 0.1) is 5.92 Å². The molecule has 2 atom stereocenters. The normalized spacial score (nSPS) is 24.0. The molecule has 2 aliphatic rings. The lowest BCUT2D eigenvalue weighted by molar-refractivity contribution is -0.0101. The van der Waals surface area contributed by atoms with Crippen LogP contribution in [0.4, 0.5) is 0 Å². The van der Waals surface area contributed by atoms with Crippen LogP contribution < -0.4 is 9.47 Å². The van der Waals surface area contributed by atoms with Crippen molar-refractivity contribution in [2.75, 3.05) is 26.4 Å². The molecule has 0 radical (unpaired) electrons. The molecule has 0 saturated carbocycles. The zero-order valence-corrected chi connectivity index (χ0v) is 12.9. The fraction of sp³-hybridized carbons (Fsp3) is 0.600. The van der Waals surface area contributed by atoms with Crippen molar-refractivity contribution < 1.29 is 19.3 Å². The Kier molecular flexibility index (Phi) is 4.48. The molecule has 2 unspecified atom stereocenters. The van der Waals surface area contributed by atoms with Gasteiger partial charge in [0.25, 0.3) is 0 Å². The smallest absolute Gasteiger partial charge is 0.175 e. The standard InChI is InChI=1S/C15H19BrO4/c16-12-7-11(14(17)10-3-1-4-18-9-10)8-13-15(12)20-6-2-5-19-13/h7-8,10,14,17H,1-6,9H2. The van der Waals surface area contributed by atoms with Gasteiger partial charge >= 0.3 is 0 Å². The van der Waals surface area contributed by atoms with Crippen molar-refractivity contribution in [2.24, 2.45) is 5.92 Å². The van der Waals surface area contributed by atoms with Crippen LogP contribution >= 0.6 is 15.9 Å². The molecular formula is C15H19BrO4. The average molecular weight is 343 g/mol. The van der Waals surface area contributed by atoms with Crippen molar-refractivity contribution in [3.05, 3.63) is 22.2 Å². The number of halogens is 1. The van der Waals surface area contributed by atoms with E-state index in [9.17, 15) is 5.11 Å². The Hall–Kier alpha value is -0.780. The molecule has 110 valence electrons. The first-order valence-electron chi connectivity index (χ1n) is 7.10. The fourth-order valence-electron chi connectivity index (χ4n) is 2.71. The molecule has 0 bridgehead atoms. The highest BCUT2D eigenvalue weighted by Gasteiger charge is 2.26. The summed E-state index contributed by atoms with van der Waals surface area (Å²) in [6.07, 6.45) is 2.35. The van der Waals surface area contributed by atoms with E-state index < -0.39 is 6.10 Å². The van der Waals surface area contributed by atoms with Crippen LogP contribution in [0.15, 0.2) is 16.6 Å². The largest absolute Gasteiger partial charge is 0.490 e. The third kappa shape index (κ3) is 2.95. The molecule has 4 nitrogen and oxygen atoms in total. The molecule has 20 heavy (non-hydrogen) atoms. The Morgan fingerprint density at radius 3 is 2.80 bits per heavy atom. The van der Waals surface area contributed by atoms with Gasteiger partial charge in [-0.2, -0.15) is 0 Å². The summed E-state index contributed by atoms with van der Waals surface area (Å²) in [5.41, 5.74) is 0.858. The van der Waals surface area contributed by atoms with E-state index in [0.29, 0.717) is 25.6 Å². The summed E-state index contributed by atoms with van der Waals surface area (Å²) in [5.74, 6) is 1.60. The third-order valence-electron chi connectivity index (χ3n) is 3.81. The van der Waals surface area contributed by atoms with Gasteiger partial charge in [-0.15, -0.1) is 0 Å². The van der Waals surface area contributed by atoms with Gasteiger partial charge in [-0.05, 0) is 46.5 Å². The van der Waals surface area contributed by atoms with E-state index in [-0.39, 0.29) is 5.92 Å². The van der Waals surface area contributed by atoms with Crippen LogP contribution in [-0.2, 0) is 4.74 Å². The third-order valence-corrected chi connectivity index (χ3v) is 4.40. The predicted molar refractivity (Wildman–Crippen MR) is 78.3 cm³/mol. The minimum Gasteiger partial charge on any atom is -0.490 e. The quantitative estimate of drug-likeness (QED) is 0.897. The minimum absolute atomic E-state index is 0.153. The maximum Gasteiger partial charge on any atom is 0.175 e. The van der Waals surface area contributed by atoms with Gasteiger partial charge in [-0.1, -0.05) is 0 Å². The highest BCUT2D eigenvalue weighted by atomic mass is 79.9. The second kappa shape index (κ2) is 6.33. The maximum absolute atomic E-state index is 10.5. The molecule has 0 aromatic heterocycles. The van der Waals surface area contributed by atoms with E-state index in [4.69, 9.17) is 14.2 Å². The van der Waals surface area contributed by atoms with E-state index in [1.165, 1.54) is 0 Å². The second-order valence-electron chi connectivity index (χ2n) is 5.30. The second-order valence-corrected chi connectivity index (χ2v) is 6.16. The average Bonchev–Trinajstić information content (AvgIpc) is 2.73. The first-order chi connectivity index (χ1) is 9.75. The molecule has 0 aliphatic carbocycles. The molecule has 1 fully saturated rings. The zero-order chi connectivity index (χ0) is 13.9. The Labute approximate surface area is 127 Å². The molecule has 3 rings (SSSR count). The van der Waals surface area contributed by atoms with Crippen molar-refractivity contribution in [3.8, 4) is 11.5 Å². The molecule has 2 aliphatic heterocycles. The van der Waals surface area contributed by atoms with Gasteiger partial charge in [-0.25, -0.2) is 0 Å². The van der Waals surface area contributed by atoms with Gasteiger partial charge in [0, 0.05) is 18.9 Å². The zero-order valence-electron chi connectivity index (χ0n) is 11.3. The molecule has 2 heterocycles. The Bertz CT molecular complexity index is 471. The number of hydrogen-bond acceptors (Lipinski definition) is 4. The van der Waals surface area contributed by atoms with Gasteiger partial charge in [0.2, 0.25) is 0 Å². The Morgan fingerprint density at radius 2 is 2.00 bits per heavy atom. The van der Waals surface area contributed by atoms with Gasteiger partial charge in [0.1, 0.15) is 0 Å². The van der Waals surface area contributed by atoms with Crippen LogP contribution in [0.25, 0.3) is 0 Å². The van der Waals surface area contributed by atoms with Crippen molar-refractivity contribution >= 4 is 15.9 Å². The van der Waals surface area contributed by atoms with Gasteiger partial charge < -0.3 is 19.3 Å². The lowest BCUT2D eigenvalue weighted by atomic mass is 9.91. The molecule has 0 amide bonds. The van der Waals surface area contributed by atoms with Gasteiger partial charge in [0.05, 0.1) is 30.4 Å². The van der Waals surface area contributed by atoms with Gasteiger partial charge in [-0.3, -0.25) is 0 Å². The summed E-state index contributed by atoms with van der Waals surface area (Å²) in [6.45, 7) is 2.72. The minimum atomic E-state index is -0.524. The summed E-state index contributed by atoms with van der Waals surface area (Å²) in [4.78, 5) is 0.